The van der Waals surface area contributed by atoms with E-state index in [1.54, 1.807) is 6.92 Å². The van der Waals surface area contributed by atoms with E-state index in [1.165, 1.54) is 19.1 Å². The second-order valence-electron chi connectivity index (χ2n) is 3.20. The molecule has 88 valence electrons. The van der Waals surface area contributed by atoms with Gasteiger partial charge in [-0.15, -0.1) is 0 Å². The lowest BCUT2D eigenvalue weighted by molar-refractivity contribution is 0.150. The Morgan fingerprint density at radius 2 is 2.12 bits per heavy atom. The predicted molar refractivity (Wildman–Crippen MR) is 61.1 cm³/mol. The molecule has 0 atom stereocenters. The van der Waals surface area contributed by atoms with Crippen LogP contribution in [0.3, 0.4) is 0 Å². The summed E-state index contributed by atoms with van der Waals surface area (Å²) in [6.45, 7) is 3.55. The van der Waals surface area contributed by atoms with E-state index in [9.17, 15) is 13.9 Å². The van der Waals surface area contributed by atoms with Crippen molar-refractivity contribution in [3.63, 3.8) is 0 Å². The zero-order valence-corrected chi connectivity index (χ0v) is 9.78. The maximum absolute atomic E-state index is 12.5. The zero-order valence-electron chi connectivity index (χ0n) is 8.96. The van der Waals surface area contributed by atoms with Crippen molar-refractivity contribution in [2.45, 2.75) is 20.3 Å². The van der Waals surface area contributed by atoms with E-state index in [0.717, 1.165) is 0 Å². The molecule has 0 heterocycles. The molecule has 0 aromatic heterocycles. The molecular weight excluding hydrogens is 234 g/mol. The topological polar surface area (TPSA) is 29.5 Å². The first-order chi connectivity index (χ1) is 7.49. The largest absolute Gasteiger partial charge is 0.507 e. The van der Waals surface area contributed by atoms with Crippen molar-refractivity contribution in [2.75, 3.05) is 6.61 Å². The summed E-state index contributed by atoms with van der Waals surface area (Å²) in [6.07, 6.45) is -2.61. The van der Waals surface area contributed by atoms with E-state index >= 15 is 0 Å². The lowest BCUT2D eigenvalue weighted by Crippen LogP contribution is -2.05. The van der Waals surface area contributed by atoms with E-state index in [1.807, 2.05) is 0 Å². The Labute approximate surface area is 97.9 Å². The van der Waals surface area contributed by atoms with Gasteiger partial charge in [-0.2, -0.15) is 0 Å². The van der Waals surface area contributed by atoms with Gasteiger partial charge in [-0.05, 0) is 32.1 Å². The molecule has 2 nitrogen and oxygen atoms in total. The van der Waals surface area contributed by atoms with Crippen molar-refractivity contribution in [1.29, 1.82) is 0 Å². The summed E-state index contributed by atoms with van der Waals surface area (Å²) in [7, 11) is 0. The fourth-order valence-electron chi connectivity index (χ4n) is 1.33. The summed E-state index contributed by atoms with van der Waals surface area (Å²) in [5, 5.41) is 9.84. The third-order valence-electron chi connectivity index (χ3n) is 2.20. The van der Waals surface area contributed by atoms with Crippen LogP contribution in [0.5, 0.6) is 5.75 Å². The number of hydrogen-bond acceptors (Lipinski definition) is 3. The van der Waals surface area contributed by atoms with Crippen molar-refractivity contribution in [3.05, 3.63) is 28.8 Å². The van der Waals surface area contributed by atoms with Crippen LogP contribution in [0.2, 0.25) is 0 Å². The Morgan fingerprint density at radius 1 is 1.50 bits per heavy atom. The van der Waals surface area contributed by atoms with Gasteiger partial charge in [0.2, 0.25) is 0 Å². The second-order valence-corrected chi connectivity index (χ2v) is 3.57. The number of aromatic hydroxyl groups is 1. The van der Waals surface area contributed by atoms with Gasteiger partial charge >= 0.3 is 0 Å². The van der Waals surface area contributed by atoms with E-state index < -0.39 is 6.43 Å². The standard InChI is InChI=1S/C11H12F2O2S/c1-3-15-11(16)8-5-4-7(10(12)13)6(2)9(8)14/h4-5,10,14H,3H2,1-2H3. The molecule has 0 aliphatic rings. The molecule has 0 saturated heterocycles. The van der Waals surface area contributed by atoms with Gasteiger partial charge < -0.3 is 9.84 Å². The number of ether oxygens (including phenoxy) is 1. The first kappa shape index (κ1) is 12.8. The molecule has 0 aliphatic heterocycles. The van der Waals surface area contributed by atoms with Crippen LogP contribution in [0.15, 0.2) is 12.1 Å². The normalized spacial score (nSPS) is 10.6. The van der Waals surface area contributed by atoms with Crippen LogP contribution in [-0.4, -0.2) is 16.8 Å². The number of thiocarbonyl (C=S) groups is 1. The van der Waals surface area contributed by atoms with E-state index in [-0.39, 0.29) is 27.5 Å². The average molecular weight is 246 g/mol. The van der Waals surface area contributed by atoms with Crippen LogP contribution >= 0.6 is 12.2 Å². The van der Waals surface area contributed by atoms with Crippen molar-refractivity contribution < 1.29 is 18.6 Å². The fourth-order valence-corrected chi connectivity index (χ4v) is 1.61. The van der Waals surface area contributed by atoms with Crippen LogP contribution in [0, 0.1) is 6.92 Å². The summed E-state index contributed by atoms with van der Waals surface area (Å²) < 4.78 is 30.1. The molecule has 0 amide bonds. The van der Waals surface area contributed by atoms with Crippen LogP contribution < -0.4 is 0 Å². The Balaban J connectivity index is 3.16. The van der Waals surface area contributed by atoms with Gasteiger partial charge in [-0.25, -0.2) is 8.78 Å². The molecule has 0 aliphatic carbocycles. The predicted octanol–water partition coefficient (Wildman–Crippen LogP) is 3.35. The third-order valence-corrected chi connectivity index (χ3v) is 2.54. The quantitative estimate of drug-likeness (QED) is 0.829. The summed E-state index contributed by atoms with van der Waals surface area (Å²) in [5.41, 5.74) is 0.217. The number of alkyl halides is 2. The molecule has 0 spiro atoms. The van der Waals surface area contributed by atoms with E-state index in [4.69, 9.17) is 17.0 Å². The molecule has 0 unspecified atom stereocenters. The molecule has 0 saturated carbocycles. The molecule has 16 heavy (non-hydrogen) atoms. The Bertz CT molecular complexity index is 405. The van der Waals surface area contributed by atoms with Gasteiger partial charge in [0.25, 0.3) is 6.43 Å². The molecule has 1 N–H and O–H groups in total. The fraction of sp³-hybridized carbons (Fsp3) is 0.364. The molecule has 0 radical (unpaired) electrons. The highest BCUT2D eigenvalue weighted by molar-refractivity contribution is 7.80. The Morgan fingerprint density at radius 3 is 2.62 bits per heavy atom. The molecule has 1 aromatic rings. The molecular formula is C11H12F2O2S. The molecule has 0 fully saturated rings. The lowest BCUT2D eigenvalue weighted by atomic mass is 10.0. The first-order valence-electron chi connectivity index (χ1n) is 4.76. The van der Waals surface area contributed by atoms with Gasteiger partial charge in [0.05, 0.1) is 12.2 Å². The Kier molecular flexibility index (Phi) is 4.18. The van der Waals surface area contributed by atoms with Gasteiger partial charge in [0.1, 0.15) is 5.75 Å². The maximum atomic E-state index is 12.5. The minimum Gasteiger partial charge on any atom is -0.507 e. The molecule has 0 bridgehead atoms. The lowest BCUT2D eigenvalue weighted by Gasteiger charge is -2.12. The summed E-state index contributed by atoms with van der Waals surface area (Å²) in [5.74, 6) is -0.240. The highest BCUT2D eigenvalue weighted by Gasteiger charge is 2.17. The van der Waals surface area contributed by atoms with Gasteiger partial charge in [0.15, 0.2) is 5.05 Å². The third kappa shape index (κ3) is 2.47. The first-order valence-corrected chi connectivity index (χ1v) is 5.17. The minimum atomic E-state index is -2.61. The number of rotatable bonds is 3. The van der Waals surface area contributed by atoms with Gasteiger partial charge in [-0.1, -0.05) is 6.07 Å². The number of phenolic OH excluding ortho intramolecular Hbond substituents is 1. The summed E-state index contributed by atoms with van der Waals surface area (Å²) in [4.78, 5) is 0. The number of hydrogen-bond donors (Lipinski definition) is 1. The molecule has 1 rings (SSSR count). The zero-order chi connectivity index (χ0) is 12.3. The van der Waals surface area contributed by atoms with Crippen LogP contribution in [0.1, 0.15) is 30.0 Å². The van der Waals surface area contributed by atoms with Crippen LogP contribution in [0.4, 0.5) is 8.78 Å². The summed E-state index contributed by atoms with van der Waals surface area (Å²) >= 11 is 4.91. The summed E-state index contributed by atoms with van der Waals surface area (Å²) in [6, 6.07) is 2.60. The SMILES string of the molecule is CCOC(=S)c1ccc(C(F)F)c(C)c1O. The van der Waals surface area contributed by atoms with E-state index in [0.29, 0.717) is 6.61 Å². The smallest absolute Gasteiger partial charge is 0.264 e. The number of phenols is 1. The van der Waals surface area contributed by atoms with Crippen molar-refractivity contribution in [3.8, 4) is 5.75 Å². The number of halogens is 2. The van der Waals surface area contributed by atoms with Crippen molar-refractivity contribution in [1.82, 2.24) is 0 Å². The van der Waals surface area contributed by atoms with Crippen LogP contribution in [0.25, 0.3) is 0 Å². The molecule has 1 aromatic carbocycles. The van der Waals surface area contributed by atoms with E-state index in [2.05, 4.69) is 0 Å². The van der Waals surface area contributed by atoms with Crippen molar-refractivity contribution in [2.24, 2.45) is 0 Å². The number of benzene rings is 1. The second kappa shape index (κ2) is 5.21. The van der Waals surface area contributed by atoms with Crippen molar-refractivity contribution >= 4 is 17.3 Å². The highest BCUT2D eigenvalue weighted by Crippen LogP contribution is 2.31. The average Bonchev–Trinajstić information content (AvgIpc) is 2.21. The minimum absolute atomic E-state index is 0.115. The van der Waals surface area contributed by atoms with Crippen LogP contribution in [-0.2, 0) is 4.74 Å². The van der Waals surface area contributed by atoms with Gasteiger partial charge in [0, 0.05) is 11.1 Å². The maximum Gasteiger partial charge on any atom is 0.264 e. The Hall–Kier alpha value is -1.23. The highest BCUT2D eigenvalue weighted by atomic mass is 32.1. The van der Waals surface area contributed by atoms with Gasteiger partial charge in [-0.3, -0.25) is 0 Å². The monoisotopic (exact) mass is 246 g/mol. The molecule has 5 heteroatoms.